The number of hydrogen-bond acceptors (Lipinski definition) is 5. The standard InChI is InChI=1S/C12H11N3OS/c13-6-9-1-3-14-12(5-9)15-7-11(16)10-2-4-17-8-10/h1-5,8,11,16H,7H2,(H,14,15). The Morgan fingerprint density at radius 3 is 3.12 bits per heavy atom. The lowest BCUT2D eigenvalue weighted by Gasteiger charge is -2.10. The fourth-order valence-corrected chi connectivity index (χ4v) is 2.09. The summed E-state index contributed by atoms with van der Waals surface area (Å²) in [5.74, 6) is 0.596. The van der Waals surface area contributed by atoms with Crippen molar-refractivity contribution in [3.05, 3.63) is 46.3 Å². The monoisotopic (exact) mass is 245 g/mol. The Kier molecular flexibility index (Phi) is 3.70. The van der Waals surface area contributed by atoms with Crippen LogP contribution in [0.4, 0.5) is 5.82 Å². The molecule has 0 aliphatic rings. The highest BCUT2D eigenvalue weighted by Crippen LogP contribution is 2.16. The van der Waals surface area contributed by atoms with Gasteiger partial charge in [-0.25, -0.2) is 4.98 Å². The lowest BCUT2D eigenvalue weighted by molar-refractivity contribution is 0.192. The first-order valence-electron chi connectivity index (χ1n) is 5.10. The summed E-state index contributed by atoms with van der Waals surface area (Å²) >= 11 is 1.55. The second-order valence-electron chi connectivity index (χ2n) is 3.49. The van der Waals surface area contributed by atoms with Crippen LogP contribution in [0.2, 0.25) is 0 Å². The molecule has 5 heteroatoms. The Bertz CT molecular complexity index is 519. The van der Waals surface area contributed by atoms with Crippen molar-refractivity contribution in [3.8, 4) is 6.07 Å². The zero-order chi connectivity index (χ0) is 12.1. The molecule has 0 saturated heterocycles. The highest BCUT2D eigenvalue weighted by Gasteiger charge is 2.07. The predicted molar refractivity (Wildman–Crippen MR) is 66.7 cm³/mol. The number of nitriles is 1. The third-order valence-corrected chi connectivity index (χ3v) is 2.99. The number of aliphatic hydroxyl groups excluding tert-OH is 1. The molecular formula is C12H11N3OS. The molecule has 2 aromatic heterocycles. The van der Waals surface area contributed by atoms with Gasteiger partial charge >= 0.3 is 0 Å². The molecule has 1 unspecified atom stereocenters. The minimum absolute atomic E-state index is 0.374. The number of thiophene rings is 1. The molecule has 0 aliphatic heterocycles. The molecule has 2 rings (SSSR count). The van der Waals surface area contributed by atoms with Crippen LogP contribution in [0.5, 0.6) is 0 Å². The van der Waals surface area contributed by atoms with Crippen LogP contribution in [-0.2, 0) is 0 Å². The molecule has 2 N–H and O–H groups in total. The maximum atomic E-state index is 9.85. The number of hydrogen-bond donors (Lipinski definition) is 2. The van der Waals surface area contributed by atoms with Crippen molar-refractivity contribution in [1.82, 2.24) is 4.98 Å². The summed E-state index contributed by atoms with van der Waals surface area (Å²) in [5, 5.41) is 25.4. The zero-order valence-corrected chi connectivity index (χ0v) is 9.81. The number of aromatic nitrogens is 1. The topological polar surface area (TPSA) is 68.9 Å². The van der Waals surface area contributed by atoms with E-state index in [1.54, 1.807) is 29.7 Å². The molecule has 0 bridgehead atoms. The van der Waals surface area contributed by atoms with E-state index in [9.17, 15) is 5.11 Å². The van der Waals surface area contributed by atoms with E-state index in [1.165, 1.54) is 0 Å². The van der Waals surface area contributed by atoms with Crippen LogP contribution >= 0.6 is 11.3 Å². The van der Waals surface area contributed by atoms with Crippen LogP contribution in [0.25, 0.3) is 0 Å². The fourth-order valence-electron chi connectivity index (χ4n) is 1.38. The normalized spacial score (nSPS) is 11.8. The average molecular weight is 245 g/mol. The molecule has 0 saturated carbocycles. The Morgan fingerprint density at radius 2 is 2.41 bits per heavy atom. The van der Waals surface area contributed by atoms with Crippen LogP contribution in [0.15, 0.2) is 35.2 Å². The third-order valence-electron chi connectivity index (χ3n) is 2.29. The number of nitrogens with zero attached hydrogens (tertiary/aromatic N) is 2. The maximum Gasteiger partial charge on any atom is 0.127 e. The molecular weight excluding hydrogens is 234 g/mol. The molecule has 0 amide bonds. The van der Waals surface area contributed by atoms with Gasteiger partial charge in [0.05, 0.1) is 17.7 Å². The highest BCUT2D eigenvalue weighted by atomic mass is 32.1. The van der Waals surface area contributed by atoms with E-state index in [-0.39, 0.29) is 0 Å². The second-order valence-corrected chi connectivity index (χ2v) is 4.27. The predicted octanol–water partition coefficient (Wildman–Crippen LogP) is 2.16. The van der Waals surface area contributed by atoms with Crippen LogP contribution < -0.4 is 5.32 Å². The number of pyridine rings is 1. The second kappa shape index (κ2) is 5.43. The van der Waals surface area contributed by atoms with Gasteiger partial charge in [0.15, 0.2) is 0 Å². The molecule has 0 spiro atoms. The molecule has 2 aromatic rings. The number of anilines is 1. The maximum absolute atomic E-state index is 9.85. The van der Waals surface area contributed by atoms with Crippen LogP contribution in [0.1, 0.15) is 17.2 Å². The first-order valence-corrected chi connectivity index (χ1v) is 6.04. The van der Waals surface area contributed by atoms with Gasteiger partial charge in [-0.3, -0.25) is 0 Å². The first-order chi connectivity index (χ1) is 8.29. The summed E-state index contributed by atoms with van der Waals surface area (Å²) in [6.07, 6.45) is 1.01. The van der Waals surface area contributed by atoms with E-state index in [2.05, 4.69) is 10.3 Å². The summed E-state index contributed by atoms with van der Waals surface area (Å²) in [6.45, 7) is 0.374. The smallest absolute Gasteiger partial charge is 0.127 e. The summed E-state index contributed by atoms with van der Waals surface area (Å²) in [5.41, 5.74) is 1.44. The van der Waals surface area contributed by atoms with Crippen molar-refractivity contribution in [1.29, 1.82) is 5.26 Å². The molecule has 2 heterocycles. The van der Waals surface area contributed by atoms with E-state index in [1.807, 2.05) is 22.9 Å². The molecule has 1 atom stereocenters. The van der Waals surface area contributed by atoms with Crippen LogP contribution in [-0.4, -0.2) is 16.6 Å². The van der Waals surface area contributed by atoms with E-state index in [0.717, 1.165) is 5.56 Å². The van der Waals surface area contributed by atoms with Gasteiger partial charge in [0.1, 0.15) is 5.82 Å². The number of rotatable bonds is 4. The Hall–Kier alpha value is -1.90. The van der Waals surface area contributed by atoms with E-state index in [4.69, 9.17) is 5.26 Å². The fraction of sp³-hybridized carbons (Fsp3) is 0.167. The Morgan fingerprint density at radius 1 is 1.53 bits per heavy atom. The lowest BCUT2D eigenvalue weighted by atomic mass is 10.2. The Balaban J connectivity index is 1.96. The van der Waals surface area contributed by atoms with E-state index >= 15 is 0 Å². The van der Waals surface area contributed by atoms with Crippen molar-refractivity contribution < 1.29 is 5.11 Å². The average Bonchev–Trinajstić information content (AvgIpc) is 2.90. The van der Waals surface area contributed by atoms with Gasteiger partial charge in [-0.1, -0.05) is 0 Å². The third kappa shape index (κ3) is 3.03. The molecule has 86 valence electrons. The zero-order valence-electron chi connectivity index (χ0n) is 9.00. The summed E-state index contributed by atoms with van der Waals surface area (Å²) in [7, 11) is 0. The van der Waals surface area contributed by atoms with E-state index in [0.29, 0.717) is 17.9 Å². The largest absolute Gasteiger partial charge is 0.387 e. The molecule has 0 radical (unpaired) electrons. The number of nitrogens with one attached hydrogen (secondary N) is 1. The molecule has 17 heavy (non-hydrogen) atoms. The van der Waals surface area contributed by atoms with Gasteiger partial charge in [-0.2, -0.15) is 16.6 Å². The molecule has 0 aromatic carbocycles. The first kappa shape index (κ1) is 11.6. The van der Waals surface area contributed by atoms with Crippen molar-refractivity contribution >= 4 is 17.2 Å². The van der Waals surface area contributed by atoms with Gasteiger partial charge in [0.2, 0.25) is 0 Å². The molecule has 0 fully saturated rings. The van der Waals surface area contributed by atoms with Crippen molar-refractivity contribution in [2.75, 3.05) is 11.9 Å². The SMILES string of the molecule is N#Cc1ccnc(NCC(O)c2ccsc2)c1. The minimum Gasteiger partial charge on any atom is -0.387 e. The summed E-state index contributed by atoms with van der Waals surface area (Å²) in [4.78, 5) is 4.07. The number of aliphatic hydroxyl groups is 1. The van der Waals surface area contributed by atoms with Gasteiger partial charge in [0.25, 0.3) is 0 Å². The van der Waals surface area contributed by atoms with E-state index < -0.39 is 6.10 Å². The van der Waals surface area contributed by atoms with Gasteiger partial charge < -0.3 is 10.4 Å². The Labute approximate surface area is 103 Å². The molecule has 0 aliphatic carbocycles. The van der Waals surface area contributed by atoms with Crippen molar-refractivity contribution in [3.63, 3.8) is 0 Å². The van der Waals surface area contributed by atoms with Crippen LogP contribution in [0, 0.1) is 11.3 Å². The minimum atomic E-state index is -0.561. The van der Waals surface area contributed by atoms with Crippen molar-refractivity contribution in [2.24, 2.45) is 0 Å². The van der Waals surface area contributed by atoms with Gasteiger partial charge in [0, 0.05) is 12.7 Å². The highest BCUT2D eigenvalue weighted by molar-refractivity contribution is 7.07. The van der Waals surface area contributed by atoms with Gasteiger partial charge in [-0.05, 0) is 34.5 Å². The lowest BCUT2D eigenvalue weighted by Crippen LogP contribution is -2.12. The van der Waals surface area contributed by atoms with Crippen LogP contribution in [0.3, 0.4) is 0 Å². The molecule has 4 nitrogen and oxygen atoms in total. The quantitative estimate of drug-likeness (QED) is 0.866. The van der Waals surface area contributed by atoms with Crippen molar-refractivity contribution in [2.45, 2.75) is 6.10 Å². The van der Waals surface area contributed by atoms with Gasteiger partial charge in [-0.15, -0.1) is 0 Å². The summed E-state index contributed by atoms with van der Waals surface area (Å²) in [6, 6.07) is 7.22. The summed E-state index contributed by atoms with van der Waals surface area (Å²) < 4.78 is 0.